The maximum atomic E-state index is 12.2. The number of aromatic nitrogens is 3. The highest BCUT2D eigenvalue weighted by Gasteiger charge is 2.14. The molecular formula is C18H18ClN5O3S. The van der Waals surface area contributed by atoms with Crippen LogP contribution in [0.25, 0.3) is 0 Å². The summed E-state index contributed by atoms with van der Waals surface area (Å²) < 4.78 is 6.76. The maximum absolute atomic E-state index is 12.2. The molecule has 8 nitrogen and oxygen atoms in total. The number of amides is 2. The number of rotatable bonds is 7. The van der Waals surface area contributed by atoms with Crippen LogP contribution in [0.3, 0.4) is 0 Å². The predicted molar refractivity (Wildman–Crippen MR) is 106 cm³/mol. The lowest BCUT2D eigenvalue weighted by Crippen LogP contribution is -2.24. The first-order valence-electron chi connectivity index (χ1n) is 8.33. The fourth-order valence-corrected chi connectivity index (χ4v) is 3.24. The summed E-state index contributed by atoms with van der Waals surface area (Å²) in [5.74, 6) is 0.444. The second-order valence-electron chi connectivity index (χ2n) is 5.87. The lowest BCUT2D eigenvalue weighted by Gasteiger charge is -2.09. The topological polar surface area (TPSA) is 102 Å². The highest BCUT2D eigenvalue weighted by Crippen LogP contribution is 2.23. The molecule has 0 atom stereocenters. The zero-order valence-corrected chi connectivity index (χ0v) is 16.8. The van der Waals surface area contributed by atoms with Gasteiger partial charge in [-0.05, 0) is 36.8 Å². The minimum absolute atomic E-state index is 0.163. The molecule has 0 aliphatic rings. The Balaban J connectivity index is 1.53. The lowest BCUT2D eigenvalue weighted by atomic mass is 10.2. The van der Waals surface area contributed by atoms with Gasteiger partial charge >= 0.3 is 0 Å². The van der Waals surface area contributed by atoms with E-state index in [9.17, 15) is 9.59 Å². The number of hydrogen-bond donors (Lipinski definition) is 2. The SMILES string of the molecule is Cc1c(Cl)cccc1NC(=O)CSc1nnc(CNC(=O)c2ccco2)n1C. The van der Waals surface area contributed by atoms with E-state index in [0.717, 1.165) is 5.56 Å². The molecule has 0 aliphatic heterocycles. The Morgan fingerprint density at radius 3 is 2.82 bits per heavy atom. The summed E-state index contributed by atoms with van der Waals surface area (Å²) >= 11 is 7.31. The third kappa shape index (κ3) is 4.73. The molecule has 0 bridgehead atoms. The van der Waals surface area contributed by atoms with E-state index < -0.39 is 0 Å². The Morgan fingerprint density at radius 2 is 2.07 bits per heavy atom. The second-order valence-corrected chi connectivity index (χ2v) is 7.22. The van der Waals surface area contributed by atoms with Crippen molar-refractivity contribution >= 4 is 40.9 Å². The highest BCUT2D eigenvalue weighted by molar-refractivity contribution is 7.99. The predicted octanol–water partition coefficient (Wildman–Crippen LogP) is 3.03. The van der Waals surface area contributed by atoms with Crippen LogP contribution in [0.5, 0.6) is 0 Å². The first-order chi connectivity index (χ1) is 13.5. The summed E-state index contributed by atoms with van der Waals surface area (Å²) in [6.07, 6.45) is 1.43. The van der Waals surface area contributed by atoms with Gasteiger partial charge in [-0.25, -0.2) is 0 Å². The van der Waals surface area contributed by atoms with Crippen LogP contribution < -0.4 is 10.6 Å². The van der Waals surface area contributed by atoms with Gasteiger partial charge in [0, 0.05) is 17.8 Å². The number of thioether (sulfide) groups is 1. The first-order valence-corrected chi connectivity index (χ1v) is 9.70. The summed E-state index contributed by atoms with van der Waals surface area (Å²) in [5.41, 5.74) is 1.49. The number of carbonyl (C=O) groups excluding carboxylic acids is 2. The first kappa shape index (κ1) is 20.0. The van der Waals surface area contributed by atoms with Crippen molar-refractivity contribution in [1.82, 2.24) is 20.1 Å². The summed E-state index contributed by atoms with van der Waals surface area (Å²) in [7, 11) is 1.77. The van der Waals surface area contributed by atoms with Crippen molar-refractivity contribution in [3.63, 3.8) is 0 Å². The molecule has 3 aromatic rings. The number of benzene rings is 1. The van der Waals surface area contributed by atoms with E-state index in [-0.39, 0.29) is 29.9 Å². The van der Waals surface area contributed by atoms with Crippen LogP contribution in [0.15, 0.2) is 46.2 Å². The van der Waals surface area contributed by atoms with E-state index in [1.165, 1.54) is 18.0 Å². The number of carbonyl (C=O) groups is 2. The van der Waals surface area contributed by atoms with Gasteiger partial charge in [0.25, 0.3) is 5.91 Å². The average molecular weight is 420 g/mol. The van der Waals surface area contributed by atoms with Gasteiger partial charge in [-0.3, -0.25) is 9.59 Å². The van der Waals surface area contributed by atoms with Gasteiger partial charge in [-0.1, -0.05) is 29.4 Å². The Hall–Kier alpha value is -2.78. The third-order valence-electron chi connectivity index (χ3n) is 3.95. The molecule has 3 rings (SSSR count). The smallest absolute Gasteiger partial charge is 0.287 e. The standard InChI is InChI=1S/C18H18ClN5O3S/c1-11-12(19)5-3-6-13(11)21-16(25)10-28-18-23-22-15(24(18)2)9-20-17(26)14-7-4-8-27-14/h3-8H,9-10H2,1-2H3,(H,20,26)(H,21,25). The Kier molecular flexibility index (Phi) is 6.37. The van der Waals surface area contributed by atoms with E-state index in [0.29, 0.717) is 21.7 Å². The van der Waals surface area contributed by atoms with Crippen molar-refractivity contribution in [2.24, 2.45) is 7.05 Å². The van der Waals surface area contributed by atoms with Crippen molar-refractivity contribution in [3.05, 3.63) is 58.8 Å². The van der Waals surface area contributed by atoms with Gasteiger partial charge in [0.2, 0.25) is 5.91 Å². The molecule has 2 heterocycles. The number of furan rings is 1. The molecule has 10 heteroatoms. The Morgan fingerprint density at radius 1 is 1.25 bits per heavy atom. The van der Waals surface area contributed by atoms with Crippen molar-refractivity contribution in [2.75, 3.05) is 11.1 Å². The number of halogens is 1. The van der Waals surface area contributed by atoms with Gasteiger partial charge in [0.1, 0.15) is 0 Å². The summed E-state index contributed by atoms with van der Waals surface area (Å²) in [6.45, 7) is 2.04. The molecule has 0 saturated heterocycles. The average Bonchev–Trinajstić information content (AvgIpc) is 3.32. The molecule has 2 aromatic heterocycles. The highest BCUT2D eigenvalue weighted by atomic mass is 35.5. The van der Waals surface area contributed by atoms with Gasteiger partial charge in [-0.15, -0.1) is 10.2 Å². The molecule has 146 valence electrons. The van der Waals surface area contributed by atoms with Crippen molar-refractivity contribution < 1.29 is 14.0 Å². The molecule has 0 fully saturated rings. The second kappa shape index (κ2) is 8.94. The minimum atomic E-state index is -0.335. The van der Waals surface area contributed by atoms with Gasteiger partial charge in [-0.2, -0.15) is 0 Å². The lowest BCUT2D eigenvalue weighted by molar-refractivity contribution is -0.113. The molecule has 0 saturated carbocycles. The van der Waals surface area contributed by atoms with E-state index >= 15 is 0 Å². The van der Waals surface area contributed by atoms with Crippen LogP contribution >= 0.6 is 23.4 Å². The molecule has 0 aliphatic carbocycles. The van der Waals surface area contributed by atoms with E-state index in [1.807, 2.05) is 6.92 Å². The van der Waals surface area contributed by atoms with Crippen LogP contribution in [-0.4, -0.2) is 32.3 Å². The van der Waals surface area contributed by atoms with Crippen LogP contribution in [0.1, 0.15) is 21.9 Å². The molecular weight excluding hydrogens is 402 g/mol. The normalized spacial score (nSPS) is 10.7. The number of nitrogens with one attached hydrogen (secondary N) is 2. The zero-order chi connectivity index (χ0) is 20.1. The van der Waals surface area contributed by atoms with Crippen LogP contribution in [0.4, 0.5) is 5.69 Å². The summed E-state index contributed by atoms with van der Waals surface area (Å²) in [5, 5.41) is 14.8. The van der Waals surface area contributed by atoms with Gasteiger partial charge < -0.3 is 19.6 Å². The Bertz CT molecular complexity index is 987. The molecule has 0 radical (unpaired) electrons. The quantitative estimate of drug-likeness (QED) is 0.571. The van der Waals surface area contributed by atoms with Crippen LogP contribution in [0, 0.1) is 6.92 Å². The maximum Gasteiger partial charge on any atom is 0.287 e. The third-order valence-corrected chi connectivity index (χ3v) is 5.38. The monoisotopic (exact) mass is 419 g/mol. The molecule has 2 N–H and O–H groups in total. The fraction of sp³-hybridized carbons (Fsp3) is 0.222. The fourth-order valence-electron chi connectivity index (χ4n) is 2.34. The minimum Gasteiger partial charge on any atom is -0.459 e. The zero-order valence-electron chi connectivity index (χ0n) is 15.2. The van der Waals surface area contributed by atoms with Crippen molar-refractivity contribution in [1.29, 1.82) is 0 Å². The molecule has 0 spiro atoms. The largest absolute Gasteiger partial charge is 0.459 e. The Labute approximate surface area is 170 Å². The number of nitrogens with zero attached hydrogens (tertiary/aromatic N) is 3. The van der Waals surface area contributed by atoms with Gasteiger partial charge in [0.15, 0.2) is 16.7 Å². The number of hydrogen-bond acceptors (Lipinski definition) is 6. The summed E-state index contributed by atoms with van der Waals surface area (Å²) in [4.78, 5) is 24.1. The molecule has 1 aromatic carbocycles. The van der Waals surface area contributed by atoms with Crippen molar-refractivity contribution in [2.45, 2.75) is 18.6 Å². The van der Waals surface area contributed by atoms with Crippen LogP contribution in [0.2, 0.25) is 5.02 Å². The van der Waals surface area contributed by atoms with E-state index in [2.05, 4.69) is 20.8 Å². The van der Waals surface area contributed by atoms with Crippen molar-refractivity contribution in [3.8, 4) is 0 Å². The summed E-state index contributed by atoms with van der Waals surface area (Å²) in [6, 6.07) is 8.57. The number of anilines is 1. The van der Waals surface area contributed by atoms with Gasteiger partial charge in [0.05, 0.1) is 18.6 Å². The van der Waals surface area contributed by atoms with E-state index in [4.69, 9.17) is 16.0 Å². The molecule has 2 amide bonds. The van der Waals surface area contributed by atoms with Crippen LogP contribution in [-0.2, 0) is 18.4 Å². The molecule has 28 heavy (non-hydrogen) atoms. The van der Waals surface area contributed by atoms with E-state index in [1.54, 1.807) is 41.9 Å². The molecule has 0 unspecified atom stereocenters.